The van der Waals surface area contributed by atoms with Crippen molar-refractivity contribution in [3.63, 3.8) is 0 Å². The molecule has 0 saturated heterocycles. The third kappa shape index (κ3) is 6.04. The Morgan fingerprint density at radius 1 is 1.06 bits per heavy atom. The maximum atomic E-state index is 12.3. The molecule has 1 amide bonds. The lowest BCUT2D eigenvalue weighted by Gasteiger charge is -2.05. The number of nitriles is 1. The Balaban J connectivity index is 1.47. The van der Waals surface area contributed by atoms with Gasteiger partial charge in [-0.25, -0.2) is 9.48 Å². The molecule has 4 rings (SSSR count). The Morgan fingerprint density at radius 2 is 1.83 bits per heavy atom. The molecule has 0 aliphatic heterocycles. The van der Waals surface area contributed by atoms with Crippen molar-refractivity contribution >= 4 is 23.6 Å². The van der Waals surface area contributed by atoms with Crippen LogP contribution in [-0.2, 0) is 14.3 Å². The first-order valence-corrected chi connectivity index (χ1v) is 11.0. The van der Waals surface area contributed by atoms with Crippen molar-refractivity contribution in [1.82, 2.24) is 9.78 Å². The highest BCUT2D eigenvalue weighted by molar-refractivity contribution is 5.95. The molecule has 8 nitrogen and oxygen atoms in total. The summed E-state index contributed by atoms with van der Waals surface area (Å²) >= 11 is 0. The van der Waals surface area contributed by atoms with Gasteiger partial charge < -0.3 is 14.8 Å². The van der Waals surface area contributed by atoms with Crippen LogP contribution in [0.5, 0.6) is 5.75 Å². The Kier molecular flexibility index (Phi) is 7.54. The second kappa shape index (κ2) is 11.3. The standard InChI is InChI=1S/C28H22N4O4/c1-35-25-13-10-21(11-14-25)28-22(18-32(31-28)24-8-3-2-4-9-24)12-15-27(34)36-19-26(33)30-23-7-5-6-20(16-23)17-29/h2-16,18H,19H2,1H3,(H,30,33)/b15-12+. The van der Waals surface area contributed by atoms with E-state index in [4.69, 9.17) is 19.8 Å². The van der Waals surface area contributed by atoms with E-state index in [1.54, 1.807) is 36.1 Å². The van der Waals surface area contributed by atoms with Crippen molar-refractivity contribution in [1.29, 1.82) is 5.26 Å². The van der Waals surface area contributed by atoms with E-state index < -0.39 is 18.5 Å². The van der Waals surface area contributed by atoms with Gasteiger partial charge in [0.15, 0.2) is 6.61 Å². The molecule has 4 aromatic rings. The fourth-order valence-corrected chi connectivity index (χ4v) is 3.40. The average Bonchev–Trinajstić information content (AvgIpc) is 3.35. The van der Waals surface area contributed by atoms with E-state index in [-0.39, 0.29) is 0 Å². The lowest BCUT2D eigenvalue weighted by atomic mass is 10.1. The molecule has 178 valence electrons. The first-order valence-electron chi connectivity index (χ1n) is 11.0. The maximum absolute atomic E-state index is 12.3. The molecule has 0 unspecified atom stereocenters. The van der Waals surface area contributed by atoms with Gasteiger partial charge in [0.2, 0.25) is 0 Å². The SMILES string of the molecule is COc1ccc(-c2nn(-c3ccccc3)cc2/C=C/C(=O)OCC(=O)Nc2cccc(C#N)c2)cc1. The number of nitrogens with one attached hydrogen (secondary N) is 1. The first-order chi connectivity index (χ1) is 17.6. The molecule has 1 heterocycles. The van der Waals surface area contributed by atoms with E-state index in [1.807, 2.05) is 66.9 Å². The fourth-order valence-electron chi connectivity index (χ4n) is 3.40. The predicted octanol–water partition coefficient (Wildman–Crippen LogP) is 4.61. The predicted molar refractivity (Wildman–Crippen MR) is 135 cm³/mol. The molecule has 0 aliphatic carbocycles. The van der Waals surface area contributed by atoms with Gasteiger partial charge in [0.25, 0.3) is 5.91 Å². The van der Waals surface area contributed by atoms with E-state index in [0.29, 0.717) is 22.5 Å². The number of ether oxygens (including phenoxy) is 2. The molecular weight excluding hydrogens is 456 g/mol. The molecule has 0 aliphatic rings. The van der Waals surface area contributed by atoms with Crippen LogP contribution in [0.15, 0.2) is 91.1 Å². The average molecular weight is 479 g/mol. The van der Waals surface area contributed by atoms with Crippen LogP contribution in [0.4, 0.5) is 5.69 Å². The Morgan fingerprint density at radius 3 is 2.56 bits per heavy atom. The number of nitrogens with zero attached hydrogens (tertiary/aromatic N) is 3. The molecule has 0 fully saturated rings. The lowest BCUT2D eigenvalue weighted by Crippen LogP contribution is -2.20. The van der Waals surface area contributed by atoms with Crippen LogP contribution < -0.4 is 10.1 Å². The van der Waals surface area contributed by atoms with Gasteiger partial charge in [-0.3, -0.25) is 4.79 Å². The first kappa shape index (κ1) is 24.0. The highest BCUT2D eigenvalue weighted by Gasteiger charge is 2.12. The quantitative estimate of drug-likeness (QED) is 0.293. The van der Waals surface area contributed by atoms with Crippen LogP contribution in [0.3, 0.4) is 0 Å². The topological polar surface area (TPSA) is 106 Å². The normalized spacial score (nSPS) is 10.6. The van der Waals surface area contributed by atoms with Crippen molar-refractivity contribution in [2.24, 2.45) is 0 Å². The van der Waals surface area contributed by atoms with Gasteiger partial charge in [-0.05, 0) is 60.7 Å². The number of methoxy groups -OCH3 is 1. The summed E-state index contributed by atoms with van der Waals surface area (Å²) in [6.07, 6.45) is 4.67. The third-order valence-electron chi connectivity index (χ3n) is 5.15. The van der Waals surface area contributed by atoms with Gasteiger partial charge in [-0.1, -0.05) is 24.3 Å². The minimum Gasteiger partial charge on any atom is -0.497 e. The van der Waals surface area contributed by atoms with Gasteiger partial charge in [0.05, 0.1) is 30.1 Å². The number of carbonyl (C=O) groups is 2. The molecule has 0 radical (unpaired) electrons. The largest absolute Gasteiger partial charge is 0.497 e. The Bertz CT molecular complexity index is 1430. The number of carbonyl (C=O) groups excluding carboxylic acids is 2. The number of hydrogen-bond donors (Lipinski definition) is 1. The van der Waals surface area contributed by atoms with Crippen molar-refractivity contribution in [2.75, 3.05) is 19.0 Å². The zero-order chi connectivity index (χ0) is 25.3. The summed E-state index contributed by atoms with van der Waals surface area (Å²) in [6.45, 7) is -0.464. The third-order valence-corrected chi connectivity index (χ3v) is 5.15. The number of benzene rings is 3. The number of esters is 1. The highest BCUT2D eigenvalue weighted by atomic mass is 16.5. The minimum absolute atomic E-state index is 0.413. The molecular formula is C28H22N4O4. The lowest BCUT2D eigenvalue weighted by molar-refractivity contribution is -0.142. The molecule has 1 aromatic heterocycles. The number of anilines is 1. The minimum atomic E-state index is -0.677. The van der Waals surface area contributed by atoms with Gasteiger partial charge >= 0.3 is 5.97 Å². The van der Waals surface area contributed by atoms with E-state index in [9.17, 15) is 9.59 Å². The number of rotatable bonds is 8. The van der Waals surface area contributed by atoms with Crippen LogP contribution >= 0.6 is 0 Å². The Labute approximate surface area is 208 Å². The molecule has 36 heavy (non-hydrogen) atoms. The van der Waals surface area contributed by atoms with E-state index in [1.165, 1.54) is 12.1 Å². The van der Waals surface area contributed by atoms with Crippen LogP contribution in [0, 0.1) is 11.3 Å². The van der Waals surface area contributed by atoms with Gasteiger partial charge in [-0.15, -0.1) is 0 Å². The highest BCUT2D eigenvalue weighted by Crippen LogP contribution is 2.26. The number of amides is 1. The second-order valence-corrected chi connectivity index (χ2v) is 7.62. The van der Waals surface area contributed by atoms with Crippen LogP contribution in [0.2, 0.25) is 0 Å². The zero-order valence-corrected chi connectivity index (χ0v) is 19.4. The van der Waals surface area contributed by atoms with Crippen LogP contribution in [-0.4, -0.2) is 35.4 Å². The van der Waals surface area contributed by atoms with Crippen LogP contribution in [0.25, 0.3) is 23.0 Å². The molecule has 3 aromatic carbocycles. The van der Waals surface area contributed by atoms with Crippen molar-refractivity contribution in [3.05, 3.63) is 102 Å². The summed E-state index contributed by atoms with van der Waals surface area (Å²) in [5.41, 5.74) is 3.93. The van der Waals surface area contributed by atoms with E-state index in [0.717, 1.165) is 17.0 Å². The van der Waals surface area contributed by atoms with E-state index in [2.05, 4.69) is 5.32 Å². The number of hydrogen-bond acceptors (Lipinski definition) is 6. The molecule has 0 bridgehead atoms. The summed E-state index contributed by atoms with van der Waals surface area (Å²) in [5, 5.41) is 16.3. The summed E-state index contributed by atoms with van der Waals surface area (Å²) < 4.78 is 12.0. The molecule has 1 N–H and O–H groups in total. The fraction of sp³-hybridized carbons (Fsp3) is 0.0714. The van der Waals surface area contributed by atoms with Gasteiger partial charge in [0, 0.05) is 29.1 Å². The molecule has 0 atom stereocenters. The van der Waals surface area contributed by atoms with Gasteiger partial charge in [-0.2, -0.15) is 10.4 Å². The van der Waals surface area contributed by atoms with Crippen molar-refractivity contribution in [2.45, 2.75) is 0 Å². The molecule has 0 saturated carbocycles. The molecule has 8 heteroatoms. The van der Waals surface area contributed by atoms with E-state index >= 15 is 0 Å². The zero-order valence-electron chi connectivity index (χ0n) is 19.4. The van der Waals surface area contributed by atoms with Crippen molar-refractivity contribution in [3.8, 4) is 28.8 Å². The number of para-hydroxylation sites is 1. The monoisotopic (exact) mass is 478 g/mol. The smallest absolute Gasteiger partial charge is 0.331 e. The van der Waals surface area contributed by atoms with Gasteiger partial charge in [0.1, 0.15) is 5.75 Å². The Hall–Kier alpha value is -5.16. The molecule has 0 spiro atoms. The van der Waals surface area contributed by atoms with Crippen molar-refractivity contribution < 1.29 is 19.1 Å². The maximum Gasteiger partial charge on any atom is 0.331 e. The number of aromatic nitrogens is 2. The summed E-state index contributed by atoms with van der Waals surface area (Å²) in [6, 6.07) is 25.5. The summed E-state index contributed by atoms with van der Waals surface area (Å²) in [5.74, 6) is -0.466. The van der Waals surface area contributed by atoms with Crippen LogP contribution in [0.1, 0.15) is 11.1 Å². The summed E-state index contributed by atoms with van der Waals surface area (Å²) in [4.78, 5) is 24.4. The second-order valence-electron chi connectivity index (χ2n) is 7.62. The summed E-state index contributed by atoms with van der Waals surface area (Å²) in [7, 11) is 1.60.